The molecule has 0 spiro atoms. The summed E-state index contributed by atoms with van der Waals surface area (Å²) in [5, 5.41) is 13.7. The largest absolute Gasteiger partial charge is 0.508 e. The van der Waals surface area contributed by atoms with Crippen LogP contribution < -0.4 is 10.1 Å². The molecular weight excluding hydrogens is 480 g/mol. The predicted octanol–water partition coefficient (Wildman–Crippen LogP) is 7.60. The molecular formula is C35H46N2O2. The number of phenols is 1. The third-order valence-electron chi connectivity index (χ3n) is 8.80. The lowest BCUT2D eigenvalue weighted by atomic mass is 9.64. The minimum atomic E-state index is 0.121. The zero-order valence-electron chi connectivity index (χ0n) is 23.9. The van der Waals surface area contributed by atoms with Gasteiger partial charge < -0.3 is 15.2 Å². The van der Waals surface area contributed by atoms with Gasteiger partial charge >= 0.3 is 0 Å². The van der Waals surface area contributed by atoms with Gasteiger partial charge in [0.2, 0.25) is 0 Å². The van der Waals surface area contributed by atoms with E-state index in [0.29, 0.717) is 11.7 Å². The first kappa shape index (κ1) is 27.6. The van der Waals surface area contributed by atoms with Gasteiger partial charge in [0, 0.05) is 18.8 Å². The number of hydrogen-bond acceptors (Lipinski definition) is 4. The first-order chi connectivity index (χ1) is 19.0. The maximum Gasteiger partial charge on any atom is 0.119 e. The Kier molecular flexibility index (Phi) is 9.13. The number of nitrogens with one attached hydrogen (secondary N) is 1. The van der Waals surface area contributed by atoms with Crippen molar-refractivity contribution < 1.29 is 9.84 Å². The second kappa shape index (κ2) is 12.9. The average molecular weight is 527 g/mol. The number of ether oxygens (including phenoxy) is 1. The Hall–Kier alpha value is -2.98. The monoisotopic (exact) mass is 526 g/mol. The van der Waals surface area contributed by atoms with Crippen LogP contribution in [0.2, 0.25) is 0 Å². The average Bonchev–Trinajstić information content (AvgIpc) is 3.20. The quantitative estimate of drug-likeness (QED) is 0.267. The number of nitrogens with zero attached hydrogens (tertiary/aromatic N) is 1. The second-order valence-electron chi connectivity index (χ2n) is 12.2. The molecule has 0 saturated carbocycles. The molecule has 2 aliphatic rings. The van der Waals surface area contributed by atoms with Crippen molar-refractivity contribution in [1.29, 1.82) is 0 Å². The molecule has 0 bridgehead atoms. The van der Waals surface area contributed by atoms with Crippen LogP contribution in [0.1, 0.15) is 74.1 Å². The van der Waals surface area contributed by atoms with Gasteiger partial charge in [-0.25, -0.2) is 0 Å². The summed E-state index contributed by atoms with van der Waals surface area (Å²) < 4.78 is 6.04. The van der Waals surface area contributed by atoms with Gasteiger partial charge in [-0.1, -0.05) is 63.1 Å². The summed E-state index contributed by atoms with van der Waals surface area (Å²) in [7, 11) is 0. The lowest BCUT2D eigenvalue weighted by Gasteiger charge is -2.41. The number of hydrogen-bond donors (Lipinski definition) is 2. The number of rotatable bonds is 10. The minimum absolute atomic E-state index is 0.121. The van der Waals surface area contributed by atoms with Crippen LogP contribution in [0.3, 0.4) is 0 Å². The number of anilines is 1. The van der Waals surface area contributed by atoms with E-state index in [1.807, 2.05) is 12.1 Å². The summed E-state index contributed by atoms with van der Waals surface area (Å²) in [5.74, 6) is 1.79. The van der Waals surface area contributed by atoms with Crippen molar-refractivity contribution in [2.75, 3.05) is 38.1 Å². The van der Waals surface area contributed by atoms with Crippen molar-refractivity contribution in [3.63, 3.8) is 0 Å². The number of benzene rings is 3. The molecule has 4 heteroatoms. The molecule has 3 aromatic carbocycles. The van der Waals surface area contributed by atoms with Crippen molar-refractivity contribution >= 4 is 5.69 Å². The summed E-state index contributed by atoms with van der Waals surface area (Å²) in [6.07, 6.45) is 9.53. The van der Waals surface area contributed by atoms with E-state index in [-0.39, 0.29) is 5.41 Å². The predicted molar refractivity (Wildman–Crippen MR) is 162 cm³/mol. The van der Waals surface area contributed by atoms with Crippen LogP contribution in [0.5, 0.6) is 11.5 Å². The summed E-state index contributed by atoms with van der Waals surface area (Å²) >= 11 is 0. The first-order valence-electron chi connectivity index (χ1n) is 15.1. The molecule has 1 atom stereocenters. The molecule has 3 aromatic rings. The van der Waals surface area contributed by atoms with Crippen molar-refractivity contribution in [3.8, 4) is 11.5 Å². The lowest BCUT2D eigenvalue weighted by Crippen LogP contribution is -2.32. The topological polar surface area (TPSA) is 44.7 Å². The molecule has 2 N–H and O–H groups in total. The number of aromatic hydroxyl groups is 1. The van der Waals surface area contributed by atoms with Gasteiger partial charge in [0.1, 0.15) is 18.1 Å². The maximum absolute atomic E-state index is 9.97. The Morgan fingerprint density at radius 3 is 2.49 bits per heavy atom. The molecule has 5 rings (SSSR count). The molecule has 208 valence electrons. The van der Waals surface area contributed by atoms with Gasteiger partial charge in [-0.3, -0.25) is 4.90 Å². The molecule has 1 heterocycles. The van der Waals surface area contributed by atoms with Crippen LogP contribution in [0.15, 0.2) is 66.7 Å². The van der Waals surface area contributed by atoms with Crippen LogP contribution in [-0.4, -0.2) is 42.8 Å². The van der Waals surface area contributed by atoms with E-state index in [2.05, 4.69) is 78.7 Å². The van der Waals surface area contributed by atoms with Gasteiger partial charge in [-0.15, -0.1) is 0 Å². The van der Waals surface area contributed by atoms with Crippen molar-refractivity contribution in [2.24, 2.45) is 5.41 Å². The smallest absolute Gasteiger partial charge is 0.119 e. The van der Waals surface area contributed by atoms with Gasteiger partial charge in [0.25, 0.3) is 0 Å². The summed E-state index contributed by atoms with van der Waals surface area (Å²) in [6.45, 7) is 9.92. The third kappa shape index (κ3) is 7.36. The molecule has 0 radical (unpaired) electrons. The molecule has 0 amide bonds. The molecule has 4 nitrogen and oxygen atoms in total. The molecule has 1 fully saturated rings. The fourth-order valence-electron chi connectivity index (χ4n) is 6.50. The van der Waals surface area contributed by atoms with Crippen LogP contribution >= 0.6 is 0 Å². The summed E-state index contributed by atoms with van der Waals surface area (Å²) in [4.78, 5) is 2.55. The molecule has 0 aromatic heterocycles. The fraction of sp³-hybridized carbons (Fsp3) is 0.486. The van der Waals surface area contributed by atoms with E-state index < -0.39 is 0 Å². The van der Waals surface area contributed by atoms with Crippen LogP contribution in [0.25, 0.3) is 0 Å². The highest BCUT2D eigenvalue weighted by atomic mass is 16.5. The molecule has 1 aliphatic heterocycles. The van der Waals surface area contributed by atoms with Gasteiger partial charge in [0.15, 0.2) is 0 Å². The first-order valence-corrected chi connectivity index (χ1v) is 15.1. The Balaban J connectivity index is 1.10. The Bertz CT molecular complexity index is 1200. The van der Waals surface area contributed by atoms with E-state index in [9.17, 15) is 5.11 Å². The van der Waals surface area contributed by atoms with Crippen molar-refractivity contribution in [2.45, 2.75) is 71.1 Å². The summed E-state index contributed by atoms with van der Waals surface area (Å²) in [6, 6.07) is 23.4. The number of aryl methyl sites for hydroxylation is 1. The standard InChI is InChI=1S/C35H46N2O2/c1-35(2)26-29-24-30(38)16-15-28(29)25-33(35)32-11-5-6-12-34(32)36-19-9-10-27-13-17-31(18-14-27)39-23-22-37-20-7-3-4-8-21-37/h5-6,11-18,24,33,36,38H,3-4,7-10,19-23,25-26H2,1-2H3. The number of likely N-dealkylation sites (tertiary alicyclic amines) is 1. The van der Waals surface area contributed by atoms with Crippen LogP contribution in [0, 0.1) is 5.41 Å². The highest BCUT2D eigenvalue weighted by Gasteiger charge is 2.37. The highest BCUT2D eigenvalue weighted by Crippen LogP contribution is 2.47. The van der Waals surface area contributed by atoms with E-state index in [1.165, 1.54) is 66.7 Å². The minimum Gasteiger partial charge on any atom is -0.508 e. The normalized spacial score (nSPS) is 19.2. The highest BCUT2D eigenvalue weighted by molar-refractivity contribution is 5.55. The van der Waals surface area contributed by atoms with Crippen LogP contribution in [-0.2, 0) is 19.3 Å². The number of fused-ring (bicyclic) bond motifs is 1. The molecule has 1 unspecified atom stereocenters. The third-order valence-corrected chi connectivity index (χ3v) is 8.80. The zero-order valence-corrected chi connectivity index (χ0v) is 23.9. The van der Waals surface area contributed by atoms with E-state index >= 15 is 0 Å². The number of phenolic OH excluding ortho intramolecular Hbond substituents is 1. The Morgan fingerprint density at radius 2 is 1.69 bits per heavy atom. The van der Waals surface area contributed by atoms with E-state index in [1.54, 1.807) is 0 Å². The Labute approximate surface area is 235 Å². The van der Waals surface area contributed by atoms with E-state index in [4.69, 9.17) is 4.74 Å². The SMILES string of the molecule is CC1(C)Cc2cc(O)ccc2CC1c1ccccc1NCCCc1ccc(OCCN2CCCCCC2)cc1. The lowest BCUT2D eigenvalue weighted by molar-refractivity contribution is 0.214. The van der Waals surface area contributed by atoms with Gasteiger partial charge in [-0.2, -0.15) is 0 Å². The fourth-order valence-corrected chi connectivity index (χ4v) is 6.50. The van der Waals surface area contributed by atoms with Crippen molar-refractivity contribution in [1.82, 2.24) is 4.90 Å². The molecule has 1 aliphatic carbocycles. The van der Waals surface area contributed by atoms with Gasteiger partial charge in [0.05, 0.1) is 0 Å². The Morgan fingerprint density at radius 1 is 0.923 bits per heavy atom. The maximum atomic E-state index is 9.97. The zero-order chi connectivity index (χ0) is 27.1. The molecule has 1 saturated heterocycles. The molecule has 39 heavy (non-hydrogen) atoms. The van der Waals surface area contributed by atoms with E-state index in [0.717, 1.165) is 51.1 Å². The van der Waals surface area contributed by atoms with Gasteiger partial charge in [-0.05, 0) is 116 Å². The number of para-hydroxylation sites is 1. The summed E-state index contributed by atoms with van der Waals surface area (Å²) in [5.41, 5.74) is 6.79. The second-order valence-corrected chi connectivity index (χ2v) is 12.2. The van der Waals surface area contributed by atoms with Crippen molar-refractivity contribution in [3.05, 3.63) is 89.0 Å². The van der Waals surface area contributed by atoms with Crippen LogP contribution in [0.4, 0.5) is 5.69 Å².